The number of amides is 1. The zero-order valence-electron chi connectivity index (χ0n) is 11.9. The van der Waals surface area contributed by atoms with Gasteiger partial charge in [0.2, 0.25) is 5.91 Å². The number of ether oxygens (including phenoxy) is 1. The lowest BCUT2D eigenvalue weighted by atomic mass is 9.95. The number of benzene rings is 1. The van der Waals surface area contributed by atoms with Gasteiger partial charge < -0.3 is 15.4 Å². The van der Waals surface area contributed by atoms with Gasteiger partial charge >= 0.3 is 0 Å². The lowest BCUT2D eigenvalue weighted by Gasteiger charge is -2.22. The van der Waals surface area contributed by atoms with Gasteiger partial charge in [0.05, 0.1) is 6.61 Å². The van der Waals surface area contributed by atoms with Gasteiger partial charge in [-0.15, -0.1) is 12.4 Å². The molecular weight excluding hydrogens is 276 g/mol. The summed E-state index contributed by atoms with van der Waals surface area (Å²) < 4.78 is 5.76. The lowest BCUT2D eigenvalue weighted by Crippen LogP contribution is -2.28. The highest BCUT2D eigenvalue weighted by Crippen LogP contribution is 2.20. The number of carbonyl (C=O) groups excluding carboxylic acids is 1. The second-order valence-electron chi connectivity index (χ2n) is 5.04. The highest BCUT2D eigenvalue weighted by molar-refractivity contribution is 5.88. The Hall–Kier alpha value is -1.26. The smallest absolute Gasteiger partial charge is 0.221 e. The molecule has 0 atom stereocenters. The third kappa shape index (κ3) is 5.80. The Morgan fingerprint density at radius 3 is 2.85 bits per heavy atom. The molecule has 1 heterocycles. The van der Waals surface area contributed by atoms with E-state index in [1.807, 2.05) is 24.3 Å². The van der Waals surface area contributed by atoms with Crippen LogP contribution in [-0.4, -0.2) is 25.6 Å². The molecule has 1 amide bonds. The van der Waals surface area contributed by atoms with E-state index in [-0.39, 0.29) is 18.3 Å². The number of hydrogen-bond acceptors (Lipinski definition) is 3. The number of anilines is 1. The van der Waals surface area contributed by atoms with E-state index in [0.29, 0.717) is 0 Å². The minimum Gasteiger partial charge on any atom is -0.494 e. The highest BCUT2D eigenvalue weighted by atomic mass is 35.5. The summed E-state index contributed by atoms with van der Waals surface area (Å²) in [4.78, 5) is 11.0. The Balaban J connectivity index is 0.00000200. The van der Waals surface area contributed by atoms with Crippen LogP contribution < -0.4 is 15.4 Å². The molecule has 2 N–H and O–H groups in total. The number of hydrogen-bond donors (Lipinski definition) is 2. The number of rotatable bonds is 5. The molecule has 1 aliphatic rings. The van der Waals surface area contributed by atoms with Gasteiger partial charge in [-0.2, -0.15) is 0 Å². The van der Waals surface area contributed by atoms with Gasteiger partial charge in [-0.25, -0.2) is 0 Å². The lowest BCUT2D eigenvalue weighted by molar-refractivity contribution is -0.114. The van der Waals surface area contributed by atoms with Crippen LogP contribution in [0.15, 0.2) is 24.3 Å². The average Bonchev–Trinajstić information content (AvgIpc) is 2.40. The molecule has 1 aliphatic heterocycles. The molecule has 1 aromatic rings. The first-order valence-electron chi connectivity index (χ1n) is 6.95. The third-order valence-electron chi connectivity index (χ3n) is 3.41. The summed E-state index contributed by atoms with van der Waals surface area (Å²) >= 11 is 0. The van der Waals surface area contributed by atoms with Crippen LogP contribution in [-0.2, 0) is 4.79 Å². The van der Waals surface area contributed by atoms with Gasteiger partial charge in [-0.3, -0.25) is 4.79 Å². The third-order valence-corrected chi connectivity index (χ3v) is 3.41. The van der Waals surface area contributed by atoms with Gasteiger partial charge in [0.1, 0.15) is 5.75 Å². The number of halogens is 1. The molecule has 0 bridgehead atoms. The van der Waals surface area contributed by atoms with E-state index in [4.69, 9.17) is 4.74 Å². The first-order chi connectivity index (χ1) is 9.24. The largest absolute Gasteiger partial charge is 0.494 e. The Morgan fingerprint density at radius 2 is 2.15 bits per heavy atom. The highest BCUT2D eigenvalue weighted by Gasteiger charge is 2.12. The van der Waals surface area contributed by atoms with Crippen molar-refractivity contribution in [3.8, 4) is 5.75 Å². The summed E-state index contributed by atoms with van der Waals surface area (Å²) in [6.45, 7) is 4.50. The molecule has 0 aromatic heterocycles. The molecule has 0 radical (unpaired) electrons. The molecule has 20 heavy (non-hydrogen) atoms. The van der Waals surface area contributed by atoms with Crippen molar-refractivity contribution in [3.63, 3.8) is 0 Å². The second-order valence-corrected chi connectivity index (χ2v) is 5.04. The van der Waals surface area contributed by atoms with Crippen molar-refractivity contribution in [1.82, 2.24) is 5.32 Å². The molecule has 0 saturated carbocycles. The van der Waals surface area contributed by atoms with Crippen LogP contribution in [0.3, 0.4) is 0 Å². The maximum Gasteiger partial charge on any atom is 0.221 e. The Bertz CT molecular complexity index is 420. The van der Waals surface area contributed by atoms with Crippen LogP contribution in [0.1, 0.15) is 26.2 Å². The van der Waals surface area contributed by atoms with Gasteiger partial charge in [0.15, 0.2) is 0 Å². The minimum atomic E-state index is -0.0631. The number of nitrogens with one attached hydrogen (secondary N) is 2. The molecule has 2 rings (SSSR count). The van der Waals surface area contributed by atoms with Gasteiger partial charge in [0, 0.05) is 18.7 Å². The van der Waals surface area contributed by atoms with Gasteiger partial charge in [-0.05, 0) is 50.4 Å². The van der Waals surface area contributed by atoms with Gasteiger partial charge in [0.25, 0.3) is 0 Å². The normalized spacial score (nSPS) is 15.2. The molecule has 0 aliphatic carbocycles. The fraction of sp³-hybridized carbons (Fsp3) is 0.533. The average molecular weight is 299 g/mol. The molecule has 1 saturated heterocycles. The van der Waals surface area contributed by atoms with E-state index in [9.17, 15) is 4.79 Å². The minimum absolute atomic E-state index is 0. The first-order valence-corrected chi connectivity index (χ1v) is 6.95. The summed E-state index contributed by atoms with van der Waals surface area (Å²) in [5.41, 5.74) is 0.784. The van der Waals surface area contributed by atoms with E-state index < -0.39 is 0 Å². The maximum absolute atomic E-state index is 11.0. The summed E-state index contributed by atoms with van der Waals surface area (Å²) in [6.07, 6.45) is 3.59. The summed E-state index contributed by atoms with van der Waals surface area (Å²) in [6, 6.07) is 7.55. The Morgan fingerprint density at radius 1 is 1.40 bits per heavy atom. The fourth-order valence-electron chi connectivity index (χ4n) is 2.38. The van der Waals surface area contributed by atoms with E-state index in [0.717, 1.165) is 43.5 Å². The van der Waals surface area contributed by atoms with Crippen molar-refractivity contribution in [2.24, 2.45) is 5.92 Å². The van der Waals surface area contributed by atoms with Crippen molar-refractivity contribution in [1.29, 1.82) is 0 Å². The van der Waals surface area contributed by atoms with Crippen molar-refractivity contribution < 1.29 is 9.53 Å². The SMILES string of the molecule is CC(=O)Nc1cccc(OCCC2CCNCC2)c1.Cl. The topological polar surface area (TPSA) is 50.4 Å². The van der Waals surface area contributed by atoms with E-state index in [1.165, 1.54) is 19.8 Å². The van der Waals surface area contributed by atoms with Crippen LogP contribution in [0, 0.1) is 5.92 Å². The predicted octanol–water partition coefficient (Wildman–Crippen LogP) is 2.84. The Labute approximate surface area is 126 Å². The van der Waals surface area contributed by atoms with Crippen LogP contribution in [0.25, 0.3) is 0 Å². The van der Waals surface area contributed by atoms with E-state index in [1.54, 1.807) is 0 Å². The molecule has 1 aromatic carbocycles. The van der Waals surface area contributed by atoms with Crippen LogP contribution in [0.2, 0.25) is 0 Å². The molecular formula is C15H23ClN2O2. The Kier molecular flexibility index (Phi) is 7.41. The monoisotopic (exact) mass is 298 g/mol. The van der Waals surface area contributed by atoms with Crippen molar-refractivity contribution >= 4 is 24.0 Å². The molecule has 1 fully saturated rings. The van der Waals surface area contributed by atoms with Crippen LogP contribution in [0.5, 0.6) is 5.75 Å². The zero-order chi connectivity index (χ0) is 13.5. The molecule has 0 spiro atoms. The standard InChI is InChI=1S/C15H22N2O2.ClH/c1-12(18)17-14-3-2-4-15(11-14)19-10-7-13-5-8-16-9-6-13;/h2-4,11,13,16H,5-10H2,1H3,(H,17,18);1H. The fourth-order valence-corrected chi connectivity index (χ4v) is 2.38. The summed E-state index contributed by atoms with van der Waals surface area (Å²) in [7, 11) is 0. The second kappa shape index (κ2) is 8.82. The quantitative estimate of drug-likeness (QED) is 0.879. The van der Waals surface area contributed by atoms with Crippen molar-refractivity contribution in [2.75, 3.05) is 25.0 Å². The predicted molar refractivity (Wildman–Crippen MR) is 83.7 cm³/mol. The molecule has 0 unspecified atom stereocenters. The summed E-state index contributed by atoms with van der Waals surface area (Å²) in [5.74, 6) is 1.53. The summed E-state index contributed by atoms with van der Waals surface area (Å²) in [5, 5.41) is 6.13. The molecule has 4 nitrogen and oxygen atoms in total. The zero-order valence-corrected chi connectivity index (χ0v) is 12.7. The first kappa shape index (κ1) is 16.8. The van der Waals surface area contributed by atoms with E-state index in [2.05, 4.69) is 10.6 Å². The van der Waals surface area contributed by atoms with Crippen LogP contribution >= 0.6 is 12.4 Å². The molecule has 112 valence electrons. The van der Waals surface area contributed by atoms with Crippen LogP contribution in [0.4, 0.5) is 5.69 Å². The number of carbonyl (C=O) groups is 1. The maximum atomic E-state index is 11.0. The van der Waals surface area contributed by atoms with E-state index >= 15 is 0 Å². The number of piperidine rings is 1. The van der Waals surface area contributed by atoms with Crippen molar-refractivity contribution in [3.05, 3.63) is 24.3 Å². The molecule has 5 heteroatoms. The van der Waals surface area contributed by atoms with Gasteiger partial charge in [-0.1, -0.05) is 6.07 Å². The van der Waals surface area contributed by atoms with Crippen molar-refractivity contribution in [2.45, 2.75) is 26.2 Å².